The Morgan fingerprint density at radius 2 is 2.16 bits per heavy atom. The Hall–Kier alpha value is -2.67. The molecule has 2 heterocycles. The molecule has 0 bridgehead atoms. The minimum atomic E-state index is -0.260. The lowest BCUT2D eigenvalue weighted by molar-refractivity contribution is -0.111. The fourth-order valence-corrected chi connectivity index (χ4v) is 2.99. The van der Waals surface area contributed by atoms with Crippen molar-refractivity contribution in [2.75, 3.05) is 32.1 Å². The van der Waals surface area contributed by atoms with Crippen molar-refractivity contribution in [3.63, 3.8) is 0 Å². The van der Waals surface area contributed by atoms with Crippen molar-refractivity contribution in [1.82, 2.24) is 14.9 Å². The van der Waals surface area contributed by atoms with Gasteiger partial charge < -0.3 is 15.0 Å². The number of aromatic nitrogens is 2. The molecular formula is C18H22N4O3. The monoisotopic (exact) mass is 342 g/mol. The molecular weight excluding hydrogens is 320 g/mol. The van der Waals surface area contributed by atoms with Gasteiger partial charge >= 0.3 is 0 Å². The van der Waals surface area contributed by atoms with E-state index in [0.29, 0.717) is 22.3 Å². The van der Waals surface area contributed by atoms with Crippen molar-refractivity contribution in [2.24, 2.45) is 0 Å². The number of H-pyrrole nitrogens is 1. The Morgan fingerprint density at radius 3 is 2.92 bits per heavy atom. The molecule has 0 radical (unpaired) electrons. The van der Waals surface area contributed by atoms with E-state index in [1.54, 1.807) is 12.1 Å². The Bertz CT molecular complexity index is 838. The molecule has 1 aliphatic rings. The van der Waals surface area contributed by atoms with Crippen LogP contribution in [0.1, 0.15) is 19.3 Å². The third-order valence-electron chi connectivity index (χ3n) is 4.30. The van der Waals surface area contributed by atoms with E-state index in [1.807, 2.05) is 6.08 Å². The quantitative estimate of drug-likeness (QED) is 0.811. The zero-order valence-electron chi connectivity index (χ0n) is 14.2. The van der Waals surface area contributed by atoms with Crippen molar-refractivity contribution in [3.05, 3.63) is 41.0 Å². The highest BCUT2D eigenvalue weighted by Crippen LogP contribution is 2.27. The van der Waals surface area contributed by atoms with Gasteiger partial charge in [0.15, 0.2) is 0 Å². The first-order chi connectivity index (χ1) is 12.2. The maximum absolute atomic E-state index is 12.2. The summed E-state index contributed by atoms with van der Waals surface area (Å²) in [5, 5.41) is 3.17. The van der Waals surface area contributed by atoms with Crippen LogP contribution in [0.3, 0.4) is 0 Å². The molecule has 1 aliphatic heterocycles. The number of fused-ring (bicyclic) bond motifs is 1. The molecule has 1 saturated heterocycles. The Balaban J connectivity index is 1.71. The van der Waals surface area contributed by atoms with Crippen molar-refractivity contribution in [1.29, 1.82) is 0 Å². The molecule has 7 nitrogen and oxygen atoms in total. The summed E-state index contributed by atoms with van der Waals surface area (Å²) in [6.45, 7) is 2.94. The molecule has 0 aliphatic carbocycles. The molecule has 2 aromatic rings. The van der Waals surface area contributed by atoms with Crippen LogP contribution in [0.4, 0.5) is 5.69 Å². The number of carbonyl (C=O) groups is 1. The van der Waals surface area contributed by atoms with Crippen molar-refractivity contribution < 1.29 is 9.53 Å². The lowest BCUT2D eigenvalue weighted by Gasteiger charge is -2.24. The number of aromatic amines is 1. The van der Waals surface area contributed by atoms with Gasteiger partial charge in [-0.15, -0.1) is 0 Å². The van der Waals surface area contributed by atoms with E-state index < -0.39 is 0 Å². The molecule has 0 spiro atoms. The molecule has 132 valence electrons. The lowest BCUT2D eigenvalue weighted by Crippen LogP contribution is -2.29. The average molecular weight is 342 g/mol. The maximum Gasteiger partial charge on any atom is 0.258 e. The fraction of sp³-hybridized carbons (Fsp3) is 0.389. The van der Waals surface area contributed by atoms with Crippen LogP contribution in [0, 0.1) is 0 Å². The van der Waals surface area contributed by atoms with Crippen LogP contribution in [0.2, 0.25) is 0 Å². The number of rotatable bonds is 5. The summed E-state index contributed by atoms with van der Waals surface area (Å²) in [4.78, 5) is 33.0. The molecule has 1 aromatic heterocycles. The Labute approximate surface area is 145 Å². The third kappa shape index (κ3) is 4.24. The van der Waals surface area contributed by atoms with E-state index in [4.69, 9.17) is 4.74 Å². The summed E-state index contributed by atoms with van der Waals surface area (Å²) in [5.41, 5.74) is 0.698. The highest BCUT2D eigenvalue weighted by atomic mass is 16.5. The zero-order chi connectivity index (χ0) is 17.6. The Morgan fingerprint density at radius 1 is 1.36 bits per heavy atom. The first-order valence-corrected chi connectivity index (χ1v) is 8.42. The number of hydrogen-bond acceptors (Lipinski definition) is 5. The second kappa shape index (κ2) is 7.94. The normalized spacial score (nSPS) is 15.6. The van der Waals surface area contributed by atoms with E-state index in [0.717, 1.165) is 19.6 Å². The number of ether oxygens (including phenoxy) is 1. The summed E-state index contributed by atoms with van der Waals surface area (Å²) >= 11 is 0. The van der Waals surface area contributed by atoms with Gasteiger partial charge in [0.05, 0.1) is 30.0 Å². The van der Waals surface area contributed by atoms with E-state index in [9.17, 15) is 9.59 Å². The first kappa shape index (κ1) is 17.2. The van der Waals surface area contributed by atoms with Crippen molar-refractivity contribution in [2.45, 2.75) is 19.3 Å². The van der Waals surface area contributed by atoms with Crippen LogP contribution in [0.5, 0.6) is 5.75 Å². The van der Waals surface area contributed by atoms with Gasteiger partial charge in [-0.25, -0.2) is 4.98 Å². The van der Waals surface area contributed by atoms with Crippen LogP contribution >= 0.6 is 0 Å². The molecule has 0 unspecified atom stereocenters. The highest BCUT2D eigenvalue weighted by molar-refractivity contribution is 6.02. The number of nitrogens with one attached hydrogen (secondary N) is 2. The van der Waals surface area contributed by atoms with Crippen molar-refractivity contribution in [3.8, 4) is 5.75 Å². The summed E-state index contributed by atoms with van der Waals surface area (Å²) in [5.74, 6) is 0.207. The molecule has 2 N–H and O–H groups in total. The topological polar surface area (TPSA) is 87.3 Å². The van der Waals surface area contributed by atoms with Gasteiger partial charge in [0.2, 0.25) is 5.91 Å². The highest BCUT2D eigenvalue weighted by Gasteiger charge is 2.11. The zero-order valence-corrected chi connectivity index (χ0v) is 14.2. The summed E-state index contributed by atoms with van der Waals surface area (Å²) in [6.07, 6.45) is 8.45. The van der Waals surface area contributed by atoms with Crippen LogP contribution in [0.15, 0.2) is 35.4 Å². The van der Waals surface area contributed by atoms with E-state index in [-0.39, 0.29) is 11.5 Å². The van der Waals surface area contributed by atoms with E-state index in [1.165, 1.54) is 38.8 Å². The van der Waals surface area contributed by atoms with E-state index >= 15 is 0 Å². The summed E-state index contributed by atoms with van der Waals surface area (Å²) in [6, 6.07) is 3.22. The van der Waals surface area contributed by atoms with Crippen LogP contribution in [-0.4, -0.2) is 47.5 Å². The predicted molar refractivity (Wildman–Crippen MR) is 97.0 cm³/mol. The van der Waals surface area contributed by atoms with Gasteiger partial charge in [0.25, 0.3) is 5.56 Å². The second-order valence-corrected chi connectivity index (χ2v) is 6.05. The molecule has 7 heteroatoms. The number of carbonyl (C=O) groups excluding carboxylic acids is 1. The van der Waals surface area contributed by atoms with Crippen LogP contribution in [0.25, 0.3) is 10.9 Å². The van der Waals surface area contributed by atoms with Crippen LogP contribution in [-0.2, 0) is 4.79 Å². The average Bonchev–Trinajstić information content (AvgIpc) is 2.63. The Kier molecular flexibility index (Phi) is 5.45. The van der Waals surface area contributed by atoms with Gasteiger partial charge in [-0.1, -0.05) is 12.5 Å². The van der Waals surface area contributed by atoms with Gasteiger partial charge in [-0.05, 0) is 32.0 Å². The number of hydrogen-bond donors (Lipinski definition) is 2. The smallest absolute Gasteiger partial charge is 0.258 e. The molecule has 1 aromatic carbocycles. The summed E-state index contributed by atoms with van der Waals surface area (Å²) < 4.78 is 5.29. The first-order valence-electron chi connectivity index (χ1n) is 8.42. The minimum absolute atomic E-state index is 0.255. The van der Waals surface area contributed by atoms with Crippen molar-refractivity contribution >= 4 is 22.5 Å². The number of anilines is 1. The minimum Gasteiger partial charge on any atom is -0.494 e. The number of amides is 1. The number of benzene rings is 1. The molecule has 3 rings (SSSR count). The molecule has 25 heavy (non-hydrogen) atoms. The SMILES string of the molecule is COc1cc2nc[nH]c(=O)c2cc1NC(=O)C=CCN1CCCCC1. The lowest BCUT2D eigenvalue weighted by atomic mass is 10.1. The fourth-order valence-electron chi connectivity index (χ4n) is 2.99. The number of piperidine rings is 1. The number of nitrogens with zero attached hydrogens (tertiary/aromatic N) is 2. The second-order valence-electron chi connectivity index (χ2n) is 6.05. The maximum atomic E-state index is 12.2. The van der Waals surface area contributed by atoms with Crippen LogP contribution < -0.4 is 15.6 Å². The molecule has 1 fully saturated rings. The third-order valence-corrected chi connectivity index (χ3v) is 4.30. The van der Waals surface area contributed by atoms with Gasteiger partial charge in [0.1, 0.15) is 5.75 Å². The number of methoxy groups -OCH3 is 1. The standard InChI is InChI=1S/C18H22N4O3/c1-25-16-11-14-13(18(24)20-12-19-14)10-15(16)21-17(23)6-5-9-22-7-3-2-4-8-22/h5-6,10-12H,2-4,7-9H2,1H3,(H,21,23)(H,19,20,24). The molecule has 0 saturated carbocycles. The predicted octanol–water partition coefficient (Wildman–Crippen LogP) is 1.91. The number of likely N-dealkylation sites (tertiary alicyclic amines) is 1. The van der Waals surface area contributed by atoms with Gasteiger partial charge in [0, 0.05) is 18.7 Å². The van der Waals surface area contributed by atoms with Gasteiger partial charge in [-0.3, -0.25) is 14.5 Å². The summed E-state index contributed by atoms with van der Waals surface area (Å²) in [7, 11) is 1.51. The molecule has 1 amide bonds. The van der Waals surface area contributed by atoms with E-state index in [2.05, 4.69) is 20.2 Å². The molecule has 0 atom stereocenters. The largest absolute Gasteiger partial charge is 0.494 e. The van der Waals surface area contributed by atoms with Gasteiger partial charge in [-0.2, -0.15) is 0 Å².